The van der Waals surface area contributed by atoms with Gasteiger partial charge in [-0.2, -0.15) is 5.10 Å². The van der Waals surface area contributed by atoms with E-state index in [9.17, 15) is 4.79 Å². The third-order valence-corrected chi connectivity index (χ3v) is 3.43. The molecule has 3 rings (SSSR count). The number of H-pyrrole nitrogens is 1. The minimum atomic E-state index is -0.511. The molecule has 94 valence electrons. The second kappa shape index (κ2) is 4.51. The van der Waals surface area contributed by atoms with Crippen molar-refractivity contribution in [3.63, 3.8) is 0 Å². The summed E-state index contributed by atoms with van der Waals surface area (Å²) in [6.45, 7) is 0. The molecule has 0 atom stereocenters. The standard InChI is InChI=1S/C14H10BrN3O/c15-11-4-3-8-5-10(2-1-9(8)6-11)12-7-13(14(16)19)18-17-12/h1-7H,(H2,16,19)(H,17,18). The Labute approximate surface area is 117 Å². The van der Waals surface area contributed by atoms with Gasteiger partial charge in [0.25, 0.3) is 5.91 Å². The number of benzene rings is 2. The van der Waals surface area contributed by atoms with Crippen molar-refractivity contribution in [3.8, 4) is 11.3 Å². The largest absolute Gasteiger partial charge is 0.364 e. The number of rotatable bonds is 2. The lowest BCUT2D eigenvalue weighted by molar-refractivity contribution is 0.0995. The van der Waals surface area contributed by atoms with Crippen molar-refractivity contribution in [3.05, 3.63) is 52.6 Å². The summed E-state index contributed by atoms with van der Waals surface area (Å²) in [7, 11) is 0. The zero-order valence-electron chi connectivity index (χ0n) is 9.85. The number of aromatic amines is 1. The molecular weight excluding hydrogens is 306 g/mol. The minimum absolute atomic E-state index is 0.311. The van der Waals surface area contributed by atoms with Crippen LogP contribution in [0.5, 0.6) is 0 Å². The number of halogens is 1. The van der Waals surface area contributed by atoms with Crippen LogP contribution in [-0.4, -0.2) is 16.1 Å². The molecule has 0 radical (unpaired) electrons. The maximum atomic E-state index is 11.0. The van der Waals surface area contributed by atoms with E-state index in [1.807, 2.05) is 30.3 Å². The highest BCUT2D eigenvalue weighted by molar-refractivity contribution is 9.10. The average molecular weight is 316 g/mol. The molecule has 2 aromatic carbocycles. The molecule has 4 nitrogen and oxygen atoms in total. The highest BCUT2D eigenvalue weighted by Gasteiger charge is 2.08. The lowest BCUT2D eigenvalue weighted by Gasteiger charge is -2.01. The van der Waals surface area contributed by atoms with E-state index >= 15 is 0 Å². The molecule has 1 aromatic heterocycles. The number of hydrogen-bond donors (Lipinski definition) is 2. The molecule has 0 saturated carbocycles. The number of carbonyl (C=O) groups is 1. The fourth-order valence-electron chi connectivity index (χ4n) is 1.97. The number of fused-ring (bicyclic) bond motifs is 1. The van der Waals surface area contributed by atoms with Crippen LogP contribution in [0.15, 0.2) is 46.9 Å². The number of carbonyl (C=O) groups excluding carboxylic acids is 1. The van der Waals surface area contributed by atoms with Gasteiger partial charge in [0, 0.05) is 10.0 Å². The molecule has 0 aliphatic carbocycles. The van der Waals surface area contributed by atoms with Crippen molar-refractivity contribution in [1.29, 1.82) is 0 Å². The van der Waals surface area contributed by atoms with Gasteiger partial charge in [0.15, 0.2) is 0 Å². The Balaban J connectivity index is 2.09. The van der Waals surface area contributed by atoms with E-state index in [1.165, 1.54) is 0 Å². The van der Waals surface area contributed by atoms with E-state index in [0.717, 1.165) is 20.8 Å². The van der Waals surface area contributed by atoms with Crippen molar-refractivity contribution in [2.75, 3.05) is 0 Å². The summed E-state index contributed by atoms with van der Waals surface area (Å²) in [6, 6.07) is 13.8. The molecular formula is C14H10BrN3O. The highest BCUT2D eigenvalue weighted by atomic mass is 79.9. The number of hydrogen-bond acceptors (Lipinski definition) is 2. The van der Waals surface area contributed by atoms with E-state index in [0.29, 0.717) is 11.4 Å². The number of nitrogens with one attached hydrogen (secondary N) is 1. The third kappa shape index (κ3) is 2.24. The smallest absolute Gasteiger partial charge is 0.266 e. The van der Waals surface area contributed by atoms with Gasteiger partial charge in [-0.25, -0.2) is 0 Å². The van der Waals surface area contributed by atoms with E-state index in [2.05, 4.69) is 32.2 Å². The molecule has 0 spiro atoms. The molecule has 19 heavy (non-hydrogen) atoms. The van der Waals surface area contributed by atoms with Gasteiger partial charge >= 0.3 is 0 Å². The number of aromatic nitrogens is 2. The summed E-state index contributed by atoms with van der Waals surface area (Å²) < 4.78 is 1.04. The molecule has 1 heterocycles. The normalized spacial score (nSPS) is 10.8. The van der Waals surface area contributed by atoms with E-state index in [4.69, 9.17) is 5.73 Å². The Morgan fingerprint density at radius 3 is 2.58 bits per heavy atom. The van der Waals surface area contributed by atoms with Crippen molar-refractivity contribution in [2.24, 2.45) is 5.73 Å². The van der Waals surface area contributed by atoms with Gasteiger partial charge in [-0.05, 0) is 35.0 Å². The van der Waals surface area contributed by atoms with Gasteiger partial charge in [0.2, 0.25) is 0 Å². The third-order valence-electron chi connectivity index (χ3n) is 2.94. The van der Waals surface area contributed by atoms with Crippen LogP contribution in [0.4, 0.5) is 0 Å². The van der Waals surface area contributed by atoms with Gasteiger partial charge in [0.05, 0.1) is 5.69 Å². The molecule has 0 unspecified atom stereocenters. The zero-order chi connectivity index (χ0) is 13.4. The molecule has 1 amide bonds. The first kappa shape index (κ1) is 11.9. The summed E-state index contributed by atoms with van der Waals surface area (Å²) in [5.41, 5.74) is 7.16. The van der Waals surface area contributed by atoms with Crippen LogP contribution in [-0.2, 0) is 0 Å². The summed E-state index contributed by atoms with van der Waals surface area (Å²) in [5, 5.41) is 8.98. The average Bonchev–Trinajstić information content (AvgIpc) is 2.88. The van der Waals surface area contributed by atoms with Gasteiger partial charge in [0.1, 0.15) is 5.69 Å². The Hall–Kier alpha value is -2.14. The second-order valence-corrected chi connectivity index (χ2v) is 5.15. The lowest BCUT2D eigenvalue weighted by Crippen LogP contribution is -2.10. The van der Waals surface area contributed by atoms with E-state index in [-0.39, 0.29) is 0 Å². The molecule has 3 N–H and O–H groups in total. The Bertz CT molecular complexity index is 779. The van der Waals surface area contributed by atoms with Gasteiger partial charge in [-0.3, -0.25) is 9.89 Å². The molecule has 0 aliphatic heterocycles. The van der Waals surface area contributed by atoms with Gasteiger partial charge in [-0.1, -0.05) is 34.1 Å². The summed E-state index contributed by atoms with van der Waals surface area (Å²) in [4.78, 5) is 11.0. The van der Waals surface area contributed by atoms with Crippen LogP contribution in [0.25, 0.3) is 22.0 Å². The predicted octanol–water partition coefficient (Wildman–Crippen LogP) is 3.09. The first-order chi connectivity index (χ1) is 9.13. The molecule has 0 fully saturated rings. The fraction of sp³-hybridized carbons (Fsp3) is 0. The molecule has 5 heteroatoms. The number of primary amides is 1. The van der Waals surface area contributed by atoms with E-state index < -0.39 is 5.91 Å². The Morgan fingerprint density at radius 1 is 1.11 bits per heavy atom. The number of nitrogens with two attached hydrogens (primary N) is 1. The molecule has 3 aromatic rings. The zero-order valence-corrected chi connectivity index (χ0v) is 11.4. The summed E-state index contributed by atoms with van der Waals surface area (Å²) in [6.07, 6.45) is 0. The van der Waals surface area contributed by atoms with Crippen molar-refractivity contribution in [1.82, 2.24) is 10.2 Å². The second-order valence-electron chi connectivity index (χ2n) is 4.24. The highest BCUT2D eigenvalue weighted by Crippen LogP contribution is 2.25. The quantitative estimate of drug-likeness (QED) is 0.762. The fourth-order valence-corrected chi connectivity index (χ4v) is 2.35. The number of nitrogens with zero attached hydrogens (tertiary/aromatic N) is 1. The van der Waals surface area contributed by atoms with Crippen molar-refractivity contribution in [2.45, 2.75) is 0 Å². The maximum Gasteiger partial charge on any atom is 0.266 e. The first-order valence-electron chi connectivity index (χ1n) is 5.68. The van der Waals surface area contributed by atoms with Crippen LogP contribution >= 0.6 is 15.9 Å². The van der Waals surface area contributed by atoms with Crippen LogP contribution < -0.4 is 5.73 Å². The summed E-state index contributed by atoms with van der Waals surface area (Å²) in [5.74, 6) is -0.511. The topological polar surface area (TPSA) is 71.8 Å². The van der Waals surface area contributed by atoms with Crippen LogP contribution in [0.2, 0.25) is 0 Å². The van der Waals surface area contributed by atoms with Crippen LogP contribution in [0.3, 0.4) is 0 Å². The lowest BCUT2D eigenvalue weighted by atomic mass is 10.1. The SMILES string of the molecule is NC(=O)c1cc(-c2ccc3cc(Br)ccc3c2)n[nH]1. The molecule has 0 bridgehead atoms. The van der Waals surface area contributed by atoms with Crippen LogP contribution in [0, 0.1) is 0 Å². The predicted molar refractivity (Wildman–Crippen MR) is 77.7 cm³/mol. The van der Waals surface area contributed by atoms with Crippen molar-refractivity contribution >= 4 is 32.6 Å². The minimum Gasteiger partial charge on any atom is -0.364 e. The monoisotopic (exact) mass is 315 g/mol. The Kier molecular flexibility index (Phi) is 2.83. The maximum absolute atomic E-state index is 11.0. The summed E-state index contributed by atoms with van der Waals surface area (Å²) >= 11 is 3.45. The molecule has 0 saturated heterocycles. The van der Waals surface area contributed by atoms with Gasteiger partial charge in [-0.15, -0.1) is 0 Å². The van der Waals surface area contributed by atoms with Crippen LogP contribution in [0.1, 0.15) is 10.5 Å². The number of amides is 1. The van der Waals surface area contributed by atoms with Gasteiger partial charge < -0.3 is 5.73 Å². The molecule has 0 aliphatic rings. The first-order valence-corrected chi connectivity index (χ1v) is 6.48. The van der Waals surface area contributed by atoms with Crippen molar-refractivity contribution < 1.29 is 4.79 Å². The Morgan fingerprint density at radius 2 is 1.84 bits per heavy atom. The van der Waals surface area contributed by atoms with E-state index in [1.54, 1.807) is 6.07 Å².